The van der Waals surface area contributed by atoms with Gasteiger partial charge in [0.1, 0.15) is 0 Å². The quantitative estimate of drug-likeness (QED) is 0.304. The van der Waals surface area contributed by atoms with Gasteiger partial charge in [-0.25, -0.2) is 0 Å². The second kappa shape index (κ2) is 8.74. The Kier molecular flexibility index (Phi) is 8.49. The number of alkyl halides is 1. The normalized spacial score (nSPS) is 10.5. The van der Waals surface area contributed by atoms with Gasteiger partial charge in [-0.2, -0.15) is 0 Å². The molecular formula is C8H13BrO3. The highest BCUT2D eigenvalue weighted by Gasteiger charge is 1.97. The van der Waals surface area contributed by atoms with Crippen molar-refractivity contribution in [3.63, 3.8) is 0 Å². The van der Waals surface area contributed by atoms with E-state index in [2.05, 4.69) is 20.7 Å². The molecule has 0 saturated carbocycles. The van der Waals surface area contributed by atoms with Crippen molar-refractivity contribution in [1.29, 1.82) is 0 Å². The van der Waals surface area contributed by atoms with Crippen molar-refractivity contribution in [2.75, 3.05) is 25.7 Å². The topological polar surface area (TPSA) is 35.5 Å². The first-order chi connectivity index (χ1) is 5.81. The van der Waals surface area contributed by atoms with Gasteiger partial charge in [-0.1, -0.05) is 28.1 Å². The minimum absolute atomic E-state index is 0.237. The number of rotatable bonds is 6. The first-order valence-electron chi connectivity index (χ1n) is 3.66. The molecule has 0 spiro atoms. The van der Waals surface area contributed by atoms with Crippen molar-refractivity contribution in [1.82, 2.24) is 0 Å². The Labute approximate surface area is 80.9 Å². The fraction of sp³-hybridized carbons (Fsp3) is 0.625. The van der Waals surface area contributed by atoms with Gasteiger partial charge >= 0.3 is 5.97 Å². The Hall–Kier alpha value is -0.350. The number of ether oxygens (including phenoxy) is 2. The number of allylic oxidation sites excluding steroid dienone is 1. The SMILES string of the molecule is COC(=O)CCOC/C=C\CBr. The summed E-state index contributed by atoms with van der Waals surface area (Å²) in [6.45, 7) is 0.960. The largest absolute Gasteiger partial charge is 0.469 e. The highest BCUT2D eigenvalue weighted by atomic mass is 79.9. The number of methoxy groups -OCH3 is 1. The number of hydrogen-bond donors (Lipinski definition) is 0. The van der Waals surface area contributed by atoms with E-state index in [-0.39, 0.29) is 5.97 Å². The molecule has 3 nitrogen and oxygen atoms in total. The molecule has 0 N–H and O–H groups in total. The summed E-state index contributed by atoms with van der Waals surface area (Å²) < 4.78 is 9.53. The average molecular weight is 237 g/mol. The number of esters is 1. The molecule has 4 heteroatoms. The van der Waals surface area contributed by atoms with E-state index >= 15 is 0 Å². The molecule has 0 atom stereocenters. The van der Waals surface area contributed by atoms with E-state index in [0.717, 1.165) is 5.33 Å². The molecule has 0 aliphatic heterocycles. The number of carbonyl (C=O) groups is 1. The van der Waals surface area contributed by atoms with E-state index in [9.17, 15) is 4.79 Å². The molecule has 0 aliphatic rings. The highest BCUT2D eigenvalue weighted by Crippen LogP contribution is 1.87. The van der Waals surface area contributed by atoms with Crippen LogP contribution in [0.5, 0.6) is 0 Å². The van der Waals surface area contributed by atoms with Gasteiger partial charge in [0, 0.05) is 5.33 Å². The molecule has 0 aliphatic carbocycles. The molecule has 0 fully saturated rings. The van der Waals surface area contributed by atoms with Crippen molar-refractivity contribution < 1.29 is 14.3 Å². The van der Waals surface area contributed by atoms with Crippen LogP contribution >= 0.6 is 15.9 Å². The predicted molar refractivity (Wildman–Crippen MR) is 50.4 cm³/mol. The van der Waals surface area contributed by atoms with E-state index in [1.165, 1.54) is 7.11 Å². The van der Waals surface area contributed by atoms with E-state index in [1.54, 1.807) is 0 Å². The standard InChI is InChI=1S/C8H13BrO3/c1-11-8(10)4-7-12-6-3-2-5-9/h2-3H,4-7H2,1H3/b3-2-. The van der Waals surface area contributed by atoms with Crippen molar-refractivity contribution in [2.24, 2.45) is 0 Å². The fourth-order valence-electron chi connectivity index (χ4n) is 0.540. The summed E-state index contributed by atoms with van der Waals surface area (Å²) >= 11 is 3.24. The second-order valence-electron chi connectivity index (χ2n) is 2.03. The number of halogens is 1. The zero-order valence-electron chi connectivity index (χ0n) is 7.09. The Morgan fingerprint density at radius 3 is 2.83 bits per heavy atom. The zero-order valence-corrected chi connectivity index (χ0v) is 8.67. The minimum Gasteiger partial charge on any atom is -0.469 e. The summed E-state index contributed by atoms with van der Waals surface area (Å²) in [5, 5.41) is 0.827. The van der Waals surface area contributed by atoms with Gasteiger partial charge in [-0.3, -0.25) is 4.79 Å². The van der Waals surface area contributed by atoms with Crippen LogP contribution in [0.15, 0.2) is 12.2 Å². The molecule has 0 heterocycles. The lowest BCUT2D eigenvalue weighted by Gasteiger charge is -1.98. The molecule has 0 saturated heterocycles. The van der Waals surface area contributed by atoms with Gasteiger partial charge in [0.15, 0.2) is 0 Å². The van der Waals surface area contributed by atoms with Crippen LogP contribution in [-0.2, 0) is 14.3 Å². The maximum Gasteiger partial charge on any atom is 0.307 e. The summed E-state index contributed by atoms with van der Waals surface area (Å²) in [6.07, 6.45) is 4.16. The van der Waals surface area contributed by atoms with E-state index in [4.69, 9.17) is 4.74 Å². The lowest BCUT2D eigenvalue weighted by Crippen LogP contribution is -2.05. The lowest BCUT2D eigenvalue weighted by molar-refractivity contribution is -0.141. The molecule has 0 bridgehead atoms. The molecule has 12 heavy (non-hydrogen) atoms. The van der Waals surface area contributed by atoms with Crippen molar-refractivity contribution in [2.45, 2.75) is 6.42 Å². The third-order valence-corrected chi connectivity index (χ3v) is 1.52. The fourth-order valence-corrected chi connectivity index (χ4v) is 0.804. The van der Waals surface area contributed by atoms with Crippen molar-refractivity contribution in [3.05, 3.63) is 12.2 Å². The zero-order chi connectivity index (χ0) is 9.23. The van der Waals surface area contributed by atoms with Gasteiger partial charge in [-0.15, -0.1) is 0 Å². The first-order valence-corrected chi connectivity index (χ1v) is 4.79. The first kappa shape index (κ1) is 11.6. The second-order valence-corrected chi connectivity index (χ2v) is 2.67. The monoisotopic (exact) mass is 236 g/mol. The van der Waals surface area contributed by atoms with Gasteiger partial charge in [-0.05, 0) is 0 Å². The molecule has 0 aromatic heterocycles. The van der Waals surface area contributed by atoms with Crippen LogP contribution < -0.4 is 0 Å². The van der Waals surface area contributed by atoms with Crippen LogP contribution in [-0.4, -0.2) is 31.6 Å². The number of hydrogen-bond acceptors (Lipinski definition) is 3. The van der Waals surface area contributed by atoms with E-state index < -0.39 is 0 Å². The third kappa shape index (κ3) is 7.75. The maximum atomic E-state index is 10.6. The molecular weight excluding hydrogens is 224 g/mol. The van der Waals surface area contributed by atoms with Crippen LogP contribution in [0.25, 0.3) is 0 Å². The Morgan fingerprint density at radius 1 is 1.50 bits per heavy atom. The summed E-state index contributed by atoms with van der Waals surface area (Å²) in [6, 6.07) is 0. The molecule has 0 radical (unpaired) electrons. The Bertz CT molecular complexity index is 145. The molecule has 0 amide bonds. The van der Waals surface area contributed by atoms with Crippen molar-refractivity contribution >= 4 is 21.9 Å². The van der Waals surface area contributed by atoms with E-state index in [0.29, 0.717) is 19.6 Å². The average Bonchev–Trinajstić information content (AvgIpc) is 2.10. The van der Waals surface area contributed by atoms with Gasteiger partial charge in [0.25, 0.3) is 0 Å². The van der Waals surface area contributed by atoms with Gasteiger partial charge < -0.3 is 9.47 Å². The summed E-state index contributed by atoms with van der Waals surface area (Å²) in [7, 11) is 1.37. The van der Waals surface area contributed by atoms with Crippen LogP contribution in [0.4, 0.5) is 0 Å². The molecule has 0 aromatic rings. The van der Waals surface area contributed by atoms with Crippen LogP contribution in [0, 0.1) is 0 Å². The minimum atomic E-state index is -0.237. The maximum absolute atomic E-state index is 10.6. The Balaban J connectivity index is 3.10. The van der Waals surface area contributed by atoms with E-state index in [1.807, 2.05) is 12.2 Å². The third-order valence-electron chi connectivity index (χ3n) is 1.15. The summed E-state index contributed by atoms with van der Waals surface area (Å²) in [4.78, 5) is 10.6. The van der Waals surface area contributed by atoms with Crippen LogP contribution in [0.1, 0.15) is 6.42 Å². The van der Waals surface area contributed by atoms with Gasteiger partial charge in [0.05, 0.1) is 26.7 Å². The van der Waals surface area contributed by atoms with Crippen molar-refractivity contribution in [3.8, 4) is 0 Å². The molecule has 70 valence electrons. The molecule has 0 aromatic carbocycles. The summed E-state index contributed by atoms with van der Waals surface area (Å²) in [5.41, 5.74) is 0. The number of carbonyl (C=O) groups excluding carboxylic acids is 1. The predicted octanol–water partition coefficient (Wildman–Crippen LogP) is 1.52. The lowest BCUT2D eigenvalue weighted by atomic mass is 10.5. The van der Waals surface area contributed by atoms with Crippen LogP contribution in [0.3, 0.4) is 0 Å². The van der Waals surface area contributed by atoms with Crippen LogP contribution in [0.2, 0.25) is 0 Å². The molecule has 0 rings (SSSR count). The van der Waals surface area contributed by atoms with Gasteiger partial charge in [0.2, 0.25) is 0 Å². The Morgan fingerprint density at radius 2 is 2.25 bits per heavy atom. The smallest absolute Gasteiger partial charge is 0.307 e. The molecule has 0 unspecified atom stereocenters. The summed E-state index contributed by atoms with van der Waals surface area (Å²) in [5.74, 6) is -0.237. The highest BCUT2D eigenvalue weighted by molar-refractivity contribution is 9.09.